The predicted octanol–water partition coefficient (Wildman–Crippen LogP) is 4.43. The van der Waals surface area contributed by atoms with Crippen molar-refractivity contribution in [1.82, 2.24) is 10.2 Å². The maximum Gasteiger partial charge on any atom is 0.407 e. The summed E-state index contributed by atoms with van der Waals surface area (Å²) in [4.78, 5) is 39.8. The molecule has 2 aromatic carbocycles. The van der Waals surface area contributed by atoms with Crippen molar-refractivity contribution in [3.8, 4) is 11.3 Å². The average molecular weight is 482 g/mol. The summed E-state index contributed by atoms with van der Waals surface area (Å²) in [7, 11) is 1.27. The molecule has 176 valence electrons. The van der Waals surface area contributed by atoms with E-state index in [1.807, 2.05) is 12.1 Å². The van der Waals surface area contributed by atoms with Crippen LogP contribution in [0.25, 0.3) is 11.3 Å². The average Bonchev–Trinajstić information content (AvgIpc) is 3.40. The summed E-state index contributed by atoms with van der Waals surface area (Å²) in [5.74, 6) is -0.377. The van der Waals surface area contributed by atoms with Crippen molar-refractivity contribution in [2.75, 3.05) is 25.5 Å². The molecule has 2 heterocycles. The Kier molecular flexibility index (Phi) is 7.18. The maximum absolute atomic E-state index is 13.4. The molecule has 0 saturated carbocycles. The molecule has 2 unspecified atom stereocenters. The molecule has 0 spiro atoms. The Hall–Kier alpha value is -3.78. The minimum absolute atomic E-state index is 0.211. The summed E-state index contributed by atoms with van der Waals surface area (Å²) in [6.45, 7) is 0.465. The summed E-state index contributed by atoms with van der Waals surface area (Å²) in [6, 6.07) is 17.0. The summed E-state index contributed by atoms with van der Waals surface area (Å²) in [5, 5.41) is 6.15. The Balaban J connectivity index is 1.53. The highest BCUT2D eigenvalue weighted by atomic mass is 35.5. The van der Waals surface area contributed by atoms with Crippen LogP contribution in [0.2, 0.25) is 5.02 Å². The van der Waals surface area contributed by atoms with Crippen LogP contribution in [0.4, 0.5) is 10.5 Å². The zero-order chi connectivity index (χ0) is 24.1. The fraction of sp³-hybridized carbons (Fsp3) is 0.240. The topological polar surface area (TPSA) is 101 Å². The van der Waals surface area contributed by atoms with Crippen LogP contribution in [0, 0.1) is 5.92 Å². The normalized spacial score (nSPS) is 17.6. The highest BCUT2D eigenvalue weighted by Crippen LogP contribution is 2.25. The van der Waals surface area contributed by atoms with Gasteiger partial charge in [0.1, 0.15) is 5.76 Å². The van der Waals surface area contributed by atoms with Gasteiger partial charge in [0.25, 0.3) is 5.91 Å². The van der Waals surface area contributed by atoms with E-state index in [1.165, 1.54) is 7.11 Å². The first-order valence-corrected chi connectivity index (χ1v) is 11.1. The number of furan rings is 1. The number of amides is 3. The third-order valence-corrected chi connectivity index (χ3v) is 5.89. The molecule has 2 N–H and O–H groups in total. The van der Waals surface area contributed by atoms with E-state index in [-0.39, 0.29) is 24.9 Å². The lowest BCUT2D eigenvalue weighted by molar-refractivity contribution is -0.121. The Morgan fingerprint density at radius 1 is 1.06 bits per heavy atom. The van der Waals surface area contributed by atoms with Gasteiger partial charge in [0, 0.05) is 34.9 Å². The molecule has 0 aliphatic carbocycles. The third kappa shape index (κ3) is 5.58. The zero-order valence-corrected chi connectivity index (χ0v) is 19.2. The summed E-state index contributed by atoms with van der Waals surface area (Å²) in [6.07, 6.45) is 1.32. The SMILES string of the molecule is COC(=O)NC1CC(C(=O)Nc2ccc(Cl)cc2)CN(C(=O)c2cccc(-c3ccco3)c2)C1. The molecular weight excluding hydrogens is 458 g/mol. The van der Waals surface area contributed by atoms with Crippen LogP contribution < -0.4 is 10.6 Å². The second kappa shape index (κ2) is 10.4. The van der Waals surface area contributed by atoms with E-state index in [9.17, 15) is 14.4 Å². The second-order valence-corrected chi connectivity index (χ2v) is 8.47. The first-order valence-electron chi connectivity index (χ1n) is 10.8. The lowest BCUT2D eigenvalue weighted by Gasteiger charge is -2.37. The second-order valence-electron chi connectivity index (χ2n) is 8.03. The number of piperidine rings is 1. The van der Waals surface area contributed by atoms with Gasteiger partial charge in [-0.3, -0.25) is 9.59 Å². The third-order valence-electron chi connectivity index (χ3n) is 5.64. The number of nitrogens with zero attached hydrogens (tertiary/aromatic N) is 1. The molecule has 9 heteroatoms. The molecule has 3 aromatic rings. The molecule has 8 nitrogen and oxygen atoms in total. The van der Waals surface area contributed by atoms with Gasteiger partial charge >= 0.3 is 6.09 Å². The largest absolute Gasteiger partial charge is 0.464 e. The number of hydrogen-bond acceptors (Lipinski definition) is 5. The molecular formula is C25H24ClN3O5. The first kappa shape index (κ1) is 23.4. The van der Waals surface area contributed by atoms with E-state index >= 15 is 0 Å². The summed E-state index contributed by atoms with van der Waals surface area (Å²) >= 11 is 5.92. The van der Waals surface area contributed by atoms with Crippen molar-refractivity contribution in [3.05, 3.63) is 77.5 Å². The Bertz CT molecular complexity index is 1160. The highest BCUT2D eigenvalue weighted by molar-refractivity contribution is 6.30. The fourth-order valence-electron chi connectivity index (χ4n) is 3.99. The van der Waals surface area contributed by atoms with E-state index < -0.39 is 18.1 Å². The smallest absolute Gasteiger partial charge is 0.407 e. The number of benzene rings is 2. The number of ether oxygens (including phenoxy) is 1. The van der Waals surface area contributed by atoms with Gasteiger partial charge in [-0.15, -0.1) is 0 Å². The first-order chi connectivity index (χ1) is 16.4. The van der Waals surface area contributed by atoms with Crippen LogP contribution in [-0.4, -0.2) is 49.0 Å². The fourth-order valence-corrected chi connectivity index (χ4v) is 4.12. The molecule has 3 amide bonds. The minimum atomic E-state index is -0.615. The van der Waals surface area contributed by atoms with E-state index in [2.05, 4.69) is 10.6 Å². The molecule has 0 bridgehead atoms. The molecule has 1 fully saturated rings. The van der Waals surface area contributed by atoms with Gasteiger partial charge < -0.3 is 24.7 Å². The van der Waals surface area contributed by atoms with Gasteiger partial charge in [0.15, 0.2) is 0 Å². The minimum Gasteiger partial charge on any atom is -0.464 e. The lowest BCUT2D eigenvalue weighted by atomic mass is 9.92. The predicted molar refractivity (Wildman–Crippen MR) is 128 cm³/mol. The zero-order valence-electron chi connectivity index (χ0n) is 18.5. The number of anilines is 1. The molecule has 1 aromatic heterocycles. The number of hydrogen-bond donors (Lipinski definition) is 2. The number of rotatable bonds is 5. The van der Waals surface area contributed by atoms with Gasteiger partial charge in [-0.25, -0.2) is 4.79 Å². The number of nitrogens with one attached hydrogen (secondary N) is 2. The van der Waals surface area contributed by atoms with Crippen LogP contribution in [0.3, 0.4) is 0 Å². The van der Waals surface area contributed by atoms with Crippen molar-refractivity contribution in [1.29, 1.82) is 0 Å². The number of methoxy groups -OCH3 is 1. The summed E-state index contributed by atoms with van der Waals surface area (Å²) in [5.41, 5.74) is 1.83. The van der Waals surface area contributed by atoms with E-state index in [0.717, 1.165) is 5.56 Å². The van der Waals surface area contributed by atoms with Crippen LogP contribution >= 0.6 is 11.6 Å². The number of carbonyl (C=O) groups excluding carboxylic acids is 3. The van der Waals surface area contributed by atoms with Crippen molar-refractivity contribution in [2.24, 2.45) is 5.92 Å². The Morgan fingerprint density at radius 2 is 1.85 bits per heavy atom. The molecule has 4 rings (SSSR count). The highest BCUT2D eigenvalue weighted by Gasteiger charge is 2.35. The van der Waals surface area contributed by atoms with Crippen LogP contribution in [-0.2, 0) is 9.53 Å². The number of alkyl carbamates (subject to hydrolysis) is 1. The van der Waals surface area contributed by atoms with Crippen molar-refractivity contribution in [3.63, 3.8) is 0 Å². The molecule has 1 aliphatic rings. The number of carbonyl (C=O) groups is 3. The van der Waals surface area contributed by atoms with Gasteiger partial charge in [-0.1, -0.05) is 23.7 Å². The van der Waals surface area contributed by atoms with E-state index in [4.69, 9.17) is 20.8 Å². The van der Waals surface area contributed by atoms with Crippen molar-refractivity contribution in [2.45, 2.75) is 12.5 Å². The van der Waals surface area contributed by atoms with Gasteiger partial charge in [-0.05, 0) is 55.0 Å². The standard InChI is InChI=1S/C25H24ClN3O5/c1-33-25(32)28-21-13-18(23(30)27-20-9-7-19(26)8-10-20)14-29(15-21)24(31)17-5-2-4-16(12-17)22-6-3-11-34-22/h2-12,18,21H,13-15H2,1H3,(H,27,30)(H,28,32). The summed E-state index contributed by atoms with van der Waals surface area (Å²) < 4.78 is 10.2. The molecule has 1 saturated heterocycles. The van der Waals surface area contributed by atoms with Crippen LogP contribution in [0.1, 0.15) is 16.8 Å². The van der Waals surface area contributed by atoms with Crippen LogP contribution in [0.5, 0.6) is 0 Å². The van der Waals surface area contributed by atoms with Crippen LogP contribution in [0.15, 0.2) is 71.3 Å². The van der Waals surface area contributed by atoms with E-state index in [1.54, 1.807) is 59.7 Å². The molecule has 34 heavy (non-hydrogen) atoms. The quantitative estimate of drug-likeness (QED) is 0.561. The van der Waals surface area contributed by atoms with Crippen molar-refractivity contribution >= 4 is 35.2 Å². The monoisotopic (exact) mass is 481 g/mol. The Morgan fingerprint density at radius 3 is 2.56 bits per heavy atom. The number of halogens is 1. The van der Waals surface area contributed by atoms with Gasteiger partial charge in [-0.2, -0.15) is 0 Å². The lowest BCUT2D eigenvalue weighted by Crippen LogP contribution is -2.54. The number of likely N-dealkylation sites (tertiary alicyclic amines) is 1. The van der Waals surface area contributed by atoms with E-state index in [0.29, 0.717) is 28.5 Å². The molecule has 1 aliphatic heterocycles. The van der Waals surface area contributed by atoms with Crippen molar-refractivity contribution < 1.29 is 23.5 Å². The Labute approximate surface area is 201 Å². The van der Waals surface area contributed by atoms with Gasteiger partial charge in [0.2, 0.25) is 5.91 Å². The molecule has 0 radical (unpaired) electrons. The van der Waals surface area contributed by atoms with Gasteiger partial charge in [0.05, 0.1) is 25.3 Å². The molecule has 2 atom stereocenters. The maximum atomic E-state index is 13.4.